The average Bonchev–Trinajstić information content (AvgIpc) is 2.53. The van der Waals surface area contributed by atoms with Gasteiger partial charge in [-0.25, -0.2) is 14.8 Å². The lowest BCUT2D eigenvalue weighted by Crippen LogP contribution is -2.39. The zero-order chi connectivity index (χ0) is 18.0. The van der Waals surface area contributed by atoms with Crippen molar-refractivity contribution in [3.05, 3.63) is 41.6 Å². The van der Waals surface area contributed by atoms with E-state index in [1.807, 2.05) is 4.90 Å². The molecule has 3 rings (SSSR count). The molecule has 1 fully saturated rings. The number of carbonyl (C=O) groups excluding carboxylic acids is 1. The molecule has 0 bridgehead atoms. The molecule has 25 heavy (non-hydrogen) atoms. The Morgan fingerprint density at radius 3 is 2.68 bits per heavy atom. The fraction of sp³-hybridized carbons (Fsp3) is 0.353. The van der Waals surface area contributed by atoms with Gasteiger partial charge in [-0.15, -0.1) is 0 Å². The van der Waals surface area contributed by atoms with Crippen LogP contribution in [0.3, 0.4) is 0 Å². The summed E-state index contributed by atoms with van der Waals surface area (Å²) < 4.78 is 43.7. The van der Waals surface area contributed by atoms with E-state index < -0.39 is 17.7 Å². The summed E-state index contributed by atoms with van der Waals surface area (Å²) in [6, 6.07) is 4.81. The highest BCUT2D eigenvalue weighted by Crippen LogP contribution is 2.32. The second-order valence-corrected chi connectivity index (χ2v) is 5.57. The largest absolute Gasteiger partial charge is 0.462 e. The molecule has 0 spiro atoms. The van der Waals surface area contributed by atoms with E-state index in [0.29, 0.717) is 5.82 Å². The number of ether oxygens (including phenoxy) is 1. The summed E-state index contributed by atoms with van der Waals surface area (Å²) >= 11 is 0. The molecule has 0 amide bonds. The SMILES string of the molecule is CCOC(=O)c1cnc(-c2cccc(C(F)(F)F)c2)nc1N1CCC1. The van der Waals surface area contributed by atoms with Crippen LogP contribution in [0.25, 0.3) is 11.4 Å². The summed E-state index contributed by atoms with van der Waals surface area (Å²) in [5.41, 5.74) is -0.308. The molecule has 1 aromatic heterocycles. The number of nitrogens with zero attached hydrogens (tertiary/aromatic N) is 3. The molecule has 0 radical (unpaired) electrons. The number of hydrogen-bond acceptors (Lipinski definition) is 5. The standard InChI is InChI=1S/C17H16F3N3O2/c1-2-25-16(24)13-10-21-14(22-15(13)23-7-4-8-23)11-5-3-6-12(9-11)17(18,19)20/h3,5-6,9-10H,2,4,7-8H2,1H3. The molecule has 5 nitrogen and oxygen atoms in total. The van der Waals surface area contributed by atoms with Gasteiger partial charge in [0.2, 0.25) is 0 Å². The highest BCUT2D eigenvalue weighted by molar-refractivity contribution is 5.95. The van der Waals surface area contributed by atoms with E-state index in [1.54, 1.807) is 6.92 Å². The number of halogens is 3. The number of aromatic nitrogens is 2. The van der Waals surface area contributed by atoms with Crippen LogP contribution in [0.15, 0.2) is 30.5 Å². The van der Waals surface area contributed by atoms with Crippen molar-refractivity contribution in [1.29, 1.82) is 0 Å². The van der Waals surface area contributed by atoms with Gasteiger partial charge in [-0.3, -0.25) is 0 Å². The maximum absolute atomic E-state index is 12.9. The smallest absolute Gasteiger partial charge is 0.416 e. The first-order valence-electron chi connectivity index (χ1n) is 7.87. The van der Waals surface area contributed by atoms with Gasteiger partial charge >= 0.3 is 12.1 Å². The van der Waals surface area contributed by atoms with Gasteiger partial charge in [0, 0.05) is 24.8 Å². The first kappa shape index (κ1) is 17.2. The minimum atomic E-state index is -4.44. The van der Waals surface area contributed by atoms with Crippen molar-refractivity contribution in [1.82, 2.24) is 9.97 Å². The van der Waals surface area contributed by atoms with Crippen LogP contribution in [0.2, 0.25) is 0 Å². The van der Waals surface area contributed by atoms with E-state index in [4.69, 9.17) is 4.74 Å². The Kier molecular flexibility index (Phi) is 4.61. The fourth-order valence-corrected chi connectivity index (χ4v) is 2.47. The van der Waals surface area contributed by atoms with E-state index in [-0.39, 0.29) is 23.6 Å². The maximum atomic E-state index is 12.9. The predicted molar refractivity (Wildman–Crippen MR) is 85.3 cm³/mol. The molecule has 1 aliphatic heterocycles. The molecular formula is C17H16F3N3O2. The van der Waals surface area contributed by atoms with E-state index >= 15 is 0 Å². The molecule has 1 aliphatic rings. The van der Waals surface area contributed by atoms with Gasteiger partial charge in [-0.1, -0.05) is 12.1 Å². The van der Waals surface area contributed by atoms with E-state index in [9.17, 15) is 18.0 Å². The molecule has 0 aliphatic carbocycles. The van der Waals surface area contributed by atoms with Crippen LogP contribution in [0.1, 0.15) is 29.3 Å². The summed E-state index contributed by atoms with van der Waals surface area (Å²) in [6.45, 7) is 3.36. The van der Waals surface area contributed by atoms with Crippen molar-refractivity contribution in [2.24, 2.45) is 0 Å². The van der Waals surface area contributed by atoms with Crippen molar-refractivity contribution in [2.45, 2.75) is 19.5 Å². The zero-order valence-corrected chi connectivity index (χ0v) is 13.5. The summed E-state index contributed by atoms with van der Waals surface area (Å²) in [5.74, 6) is -0.00634. The van der Waals surface area contributed by atoms with Crippen molar-refractivity contribution in [2.75, 3.05) is 24.6 Å². The van der Waals surface area contributed by atoms with Crippen LogP contribution in [-0.4, -0.2) is 35.6 Å². The Bertz CT molecular complexity index is 789. The zero-order valence-electron chi connectivity index (χ0n) is 13.5. The summed E-state index contributed by atoms with van der Waals surface area (Å²) in [5, 5.41) is 0. The summed E-state index contributed by atoms with van der Waals surface area (Å²) in [7, 11) is 0. The average molecular weight is 351 g/mol. The van der Waals surface area contributed by atoms with Gasteiger partial charge in [0.15, 0.2) is 5.82 Å². The molecular weight excluding hydrogens is 335 g/mol. The molecule has 0 saturated carbocycles. The van der Waals surface area contributed by atoms with Crippen LogP contribution < -0.4 is 4.90 Å². The molecule has 0 unspecified atom stereocenters. The normalized spacial score (nSPS) is 14.2. The topological polar surface area (TPSA) is 55.3 Å². The fourth-order valence-electron chi connectivity index (χ4n) is 2.47. The summed E-state index contributed by atoms with van der Waals surface area (Å²) in [4.78, 5) is 22.4. The van der Waals surface area contributed by atoms with Crippen LogP contribution >= 0.6 is 0 Å². The van der Waals surface area contributed by atoms with E-state index in [1.165, 1.54) is 18.3 Å². The highest BCUT2D eigenvalue weighted by atomic mass is 19.4. The van der Waals surface area contributed by atoms with Crippen molar-refractivity contribution in [3.8, 4) is 11.4 Å². The number of carbonyl (C=O) groups is 1. The number of rotatable bonds is 4. The molecule has 2 aromatic rings. The Labute approximate surface area is 142 Å². The number of anilines is 1. The molecule has 1 saturated heterocycles. The second kappa shape index (κ2) is 6.70. The number of alkyl halides is 3. The van der Waals surface area contributed by atoms with Crippen LogP contribution in [-0.2, 0) is 10.9 Å². The van der Waals surface area contributed by atoms with Gasteiger partial charge < -0.3 is 9.64 Å². The van der Waals surface area contributed by atoms with Crippen molar-refractivity contribution < 1.29 is 22.7 Å². The quantitative estimate of drug-likeness (QED) is 0.789. The monoisotopic (exact) mass is 351 g/mol. The lowest BCUT2D eigenvalue weighted by Gasteiger charge is -2.33. The Morgan fingerprint density at radius 2 is 2.08 bits per heavy atom. The van der Waals surface area contributed by atoms with Gasteiger partial charge in [-0.2, -0.15) is 13.2 Å². The molecule has 0 N–H and O–H groups in total. The van der Waals surface area contributed by atoms with E-state index in [0.717, 1.165) is 31.6 Å². The third kappa shape index (κ3) is 3.57. The Balaban J connectivity index is 2.02. The molecule has 8 heteroatoms. The molecule has 132 valence electrons. The number of esters is 1. The number of hydrogen-bond donors (Lipinski definition) is 0. The third-order valence-electron chi connectivity index (χ3n) is 3.87. The second-order valence-electron chi connectivity index (χ2n) is 5.57. The van der Waals surface area contributed by atoms with Gasteiger partial charge in [0.1, 0.15) is 11.4 Å². The Hall–Kier alpha value is -2.64. The Morgan fingerprint density at radius 1 is 1.32 bits per heavy atom. The van der Waals surface area contributed by atoms with Crippen LogP contribution in [0.4, 0.5) is 19.0 Å². The first-order chi connectivity index (χ1) is 11.9. The highest BCUT2D eigenvalue weighted by Gasteiger charge is 2.31. The maximum Gasteiger partial charge on any atom is 0.416 e. The minimum Gasteiger partial charge on any atom is -0.462 e. The summed E-state index contributed by atoms with van der Waals surface area (Å²) in [6.07, 6.45) is -2.17. The van der Waals surface area contributed by atoms with Crippen molar-refractivity contribution >= 4 is 11.8 Å². The van der Waals surface area contributed by atoms with Gasteiger partial charge in [-0.05, 0) is 25.5 Å². The molecule has 1 aromatic carbocycles. The predicted octanol–water partition coefficient (Wildman–Crippen LogP) is 3.55. The lowest BCUT2D eigenvalue weighted by molar-refractivity contribution is -0.137. The van der Waals surface area contributed by atoms with Gasteiger partial charge in [0.25, 0.3) is 0 Å². The third-order valence-corrected chi connectivity index (χ3v) is 3.87. The first-order valence-corrected chi connectivity index (χ1v) is 7.87. The van der Waals surface area contributed by atoms with Gasteiger partial charge in [0.05, 0.1) is 12.2 Å². The molecule has 0 atom stereocenters. The lowest BCUT2D eigenvalue weighted by atomic mass is 10.1. The van der Waals surface area contributed by atoms with Crippen LogP contribution in [0, 0.1) is 0 Å². The minimum absolute atomic E-state index is 0.140. The van der Waals surface area contributed by atoms with E-state index in [2.05, 4.69) is 9.97 Å². The van der Waals surface area contributed by atoms with Crippen LogP contribution in [0.5, 0.6) is 0 Å². The number of benzene rings is 1. The van der Waals surface area contributed by atoms with Crippen molar-refractivity contribution in [3.63, 3.8) is 0 Å². The molecule has 2 heterocycles.